The van der Waals surface area contributed by atoms with Crippen LogP contribution in [0.3, 0.4) is 0 Å². The van der Waals surface area contributed by atoms with Gasteiger partial charge in [-0.2, -0.15) is 13.2 Å². The number of benzene rings is 1. The van der Waals surface area contributed by atoms with Gasteiger partial charge >= 0.3 is 12.1 Å². The average Bonchev–Trinajstić information content (AvgIpc) is 2.64. The largest absolute Gasteiger partial charge is 0.472 e. The van der Waals surface area contributed by atoms with Crippen molar-refractivity contribution in [2.45, 2.75) is 31.0 Å². The third kappa shape index (κ3) is 4.56. The molecule has 2 amide bonds. The van der Waals surface area contributed by atoms with Crippen LogP contribution in [0.15, 0.2) is 30.6 Å². The molecule has 0 atom stereocenters. The van der Waals surface area contributed by atoms with Crippen molar-refractivity contribution in [2.24, 2.45) is 0 Å². The standard InChI is InChI=1S/C17H14ClF4N5O2/c18-10-2-3-12(19)11(6-10)16(4-1-5-16)25-15-23-7-9(8-24-15)13(28)26-27-14(29)17(20,21)22/h2-3,6-8H,1,4-5H2,(H,26,28)(H,27,29)(H,23,24,25). The van der Waals surface area contributed by atoms with Gasteiger partial charge in [-0.1, -0.05) is 11.6 Å². The monoisotopic (exact) mass is 431 g/mol. The van der Waals surface area contributed by atoms with Crippen LogP contribution in [0, 0.1) is 5.82 Å². The second-order valence-electron chi connectivity index (χ2n) is 6.39. The molecule has 0 spiro atoms. The summed E-state index contributed by atoms with van der Waals surface area (Å²) in [6.07, 6.45) is -0.947. The lowest BCUT2D eigenvalue weighted by Gasteiger charge is -2.43. The number of nitrogens with zero attached hydrogens (tertiary/aromatic N) is 2. The number of amides is 2. The Hall–Kier alpha value is -2.95. The van der Waals surface area contributed by atoms with Crippen LogP contribution in [-0.4, -0.2) is 28.0 Å². The van der Waals surface area contributed by atoms with Crippen LogP contribution in [0.5, 0.6) is 0 Å². The number of hydrogen-bond donors (Lipinski definition) is 3. The summed E-state index contributed by atoms with van der Waals surface area (Å²) < 4.78 is 50.6. The van der Waals surface area contributed by atoms with Crippen molar-refractivity contribution in [2.75, 3.05) is 5.32 Å². The lowest BCUT2D eigenvalue weighted by Crippen LogP contribution is -2.47. The third-order valence-corrected chi connectivity index (χ3v) is 4.70. The zero-order valence-corrected chi connectivity index (χ0v) is 15.4. The van der Waals surface area contributed by atoms with E-state index in [1.54, 1.807) is 5.43 Å². The minimum absolute atomic E-state index is 0.0972. The maximum Gasteiger partial charge on any atom is 0.472 e. The molecule has 12 heteroatoms. The smallest absolute Gasteiger partial charge is 0.345 e. The predicted octanol–water partition coefficient (Wildman–Crippen LogP) is 3.08. The second kappa shape index (κ2) is 7.82. The van der Waals surface area contributed by atoms with Crippen molar-refractivity contribution in [1.29, 1.82) is 0 Å². The number of hydrogen-bond acceptors (Lipinski definition) is 5. The molecule has 0 bridgehead atoms. The molecule has 7 nitrogen and oxygen atoms in total. The van der Waals surface area contributed by atoms with Gasteiger partial charge < -0.3 is 5.32 Å². The summed E-state index contributed by atoms with van der Waals surface area (Å²) in [4.78, 5) is 30.4. The van der Waals surface area contributed by atoms with E-state index in [9.17, 15) is 27.2 Å². The van der Waals surface area contributed by atoms with Gasteiger partial charge in [0.25, 0.3) is 5.91 Å². The topological polar surface area (TPSA) is 96.0 Å². The van der Waals surface area contributed by atoms with Gasteiger partial charge in [-0.05, 0) is 37.5 Å². The van der Waals surface area contributed by atoms with Crippen molar-refractivity contribution in [3.8, 4) is 0 Å². The van der Waals surface area contributed by atoms with Crippen LogP contribution in [0.4, 0.5) is 23.5 Å². The Balaban J connectivity index is 1.69. The number of rotatable bonds is 4. The second-order valence-corrected chi connectivity index (χ2v) is 6.82. The van der Waals surface area contributed by atoms with Gasteiger partial charge in [0.15, 0.2) is 0 Å². The molecule has 1 heterocycles. The molecular weight excluding hydrogens is 418 g/mol. The summed E-state index contributed by atoms with van der Waals surface area (Å²) in [5.41, 5.74) is 2.28. The van der Waals surface area contributed by atoms with Crippen molar-refractivity contribution < 1.29 is 27.2 Å². The maximum atomic E-state index is 14.3. The Morgan fingerprint density at radius 3 is 2.31 bits per heavy atom. The molecule has 29 heavy (non-hydrogen) atoms. The molecule has 154 valence electrons. The molecule has 1 aliphatic rings. The van der Waals surface area contributed by atoms with Crippen LogP contribution in [0.25, 0.3) is 0 Å². The van der Waals surface area contributed by atoms with Crippen molar-refractivity contribution in [3.63, 3.8) is 0 Å². The summed E-state index contributed by atoms with van der Waals surface area (Å²) in [5.74, 6) is -3.69. The van der Waals surface area contributed by atoms with Gasteiger partial charge in [0.1, 0.15) is 5.82 Å². The fourth-order valence-electron chi connectivity index (χ4n) is 2.84. The molecule has 2 aromatic rings. The number of nitrogens with one attached hydrogen (secondary N) is 3. The molecule has 3 rings (SSSR count). The maximum absolute atomic E-state index is 14.3. The first-order valence-electron chi connectivity index (χ1n) is 8.34. The third-order valence-electron chi connectivity index (χ3n) is 4.46. The molecule has 3 N–H and O–H groups in total. The number of halogens is 5. The first-order chi connectivity index (χ1) is 13.6. The van der Waals surface area contributed by atoms with E-state index in [1.165, 1.54) is 23.6 Å². The molecule has 1 aliphatic carbocycles. The molecule has 0 unspecified atom stereocenters. The number of hydrazine groups is 1. The molecule has 0 aliphatic heterocycles. The summed E-state index contributed by atoms with van der Waals surface area (Å²) in [5, 5.41) is 3.42. The number of anilines is 1. The Labute approximate surface area is 166 Å². The van der Waals surface area contributed by atoms with E-state index < -0.39 is 29.3 Å². The van der Waals surface area contributed by atoms with E-state index in [4.69, 9.17) is 11.6 Å². The van der Waals surface area contributed by atoms with Crippen molar-refractivity contribution >= 4 is 29.4 Å². The van der Waals surface area contributed by atoms with Gasteiger partial charge in [-0.25, -0.2) is 14.4 Å². The Kier molecular flexibility index (Phi) is 5.60. The highest BCUT2D eigenvalue weighted by molar-refractivity contribution is 6.30. The van der Waals surface area contributed by atoms with Crippen LogP contribution in [0.1, 0.15) is 35.2 Å². The Morgan fingerprint density at radius 2 is 1.76 bits per heavy atom. The number of aromatic nitrogens is 2. The molecule has 0 saturated heterocycles. The first kappa shape index (κ1) is 20.8. The highest BCUT2D eigenvalue weighted by atomic mass is 35.5. The van der Waals surface area contributed by atoms with Crippen molar-refractivity contribution in [3.05, 3.63) is 52.6 Å². The number of carbonyl (C=O) groups is 2. The lowest BCUT2D eigenvalue weighted by atomic mass is 9.71. The van der Waals surface area contributed by atoms with Gasteiger partial charge in [-0.15, -0.1) is 0 Å². The Morgan fingerprint density at radius 1 is 1.10 bits per heavy atom. The Bertz CT molecular complexity index is 932. The number of alkyl halides is 3. The SMILES string of the molecule is O=C(NNC(=O)C(F)(F)F)c1cnc(NC2(c3cc(Cl)ccc3F)CCC2)nc1. The molecule has 1 aromatic heterocycles. The van der Waals surface area contributed by atoms with E-state index >= 15 is 0 Å². The van der Waals surface area contributed by atoms with Crippen LogP contribution < -0.4 is 16.2 Å². The molecule has 1 aromatic carbocycles. The van der Waals surface area contributed by atoms with Gasteiger partial charge in [0.2, 0.25) is 5.95 Å². The first-order valence-corrected chi connectivity index (χ1v) is 8.72. The normalized spacial score (nSPS) is 15.2. The zero-order chi connectivity index (χ0) is 21.2. The zero-order valence-electron chi connectivity index (χ0n) is 14.6. The van der Waals surface area contributed by atoms with E-state index in [0.29, 0.717) is 23.4 Å². The summed E-state index contributed by atoms with van der Waals surface area (Å²) in [7, 11) is 0. The van der Waals surface area contributed by atoms with Crippen LogP contribution in [-0.2, 0) is 10.3 Å². The van der Waals surface area contributed by atoms with E-state index in [0.717, 1.165) is 18.8 Å². The minimum Gasteiger partial charge on any atom is -0.345 e. The molecule has 0 radical (unpaired) electrons. The van der Waals surface area contributed by atoms with E-state index in [2.05, 4.69) is 15.3 Å². The summed E-state index contributed by atoms with van der Waals surface area (Å²) in [6.45, 7) is 0. The lowest BCUT2D eigenvalue weighted by molar-refractivity contribution is -0.174. The van der Waals surface area contributed by atoms with Crippen LogP contribution >= 0.6 is 11.6 Å². The quantitative estimate of drug-likeness (QED) is 0.511. The fourth-order valence-corrected chi connectivity index (χ4v) is 3.01. The predicted molar refractivity (Wildman–Crippen MR) is 94.3 cm³/mol. The molecule has 1 fully saturated rings. The summed E-state index contributed by atoms with van der Waals surface area (Å²) >= 11 is 5.97. The number of carbonyl (C=O) groups excluding carboxylic acids is 2. The van der Waals surface area contributed by atoms with Gasteiger partial charge in [0.05, 0.1) is 11.1 Å². The molecular formula is C17H14ClF4N5O2. The summed E-state index contributed by atoms with van der Waals surface area (Å²) in [6, 6.07) is 4.23. The van der Waals surface area contributed by atoms with Gasteiger partial charge in [0, 0.05) is 23.0 Å². The van der Waals surface area contributed by atoms with Gasteiger partial charge in [-0.3, -0.25) is 20.4 Å². The fraction of sp³-hybridized carbons (Fsp3) is 0.294. The highest BCUT2D eigenvalue weighted by Gasteiger charge is 2.41. The highest BCUT2D eigenvalue weighted by Crippen LogP contribution is 2.45. The van der Waals surface area contributed by atoms with Crippen molar-refractivity contribution in [1.82, 2.24) is 20.8 Å². The molecule has 1 saturated carbocycles. The average molecular weight is 432 g/mol. The van der Waals surface area contributed by atoms with E-state index in [-0.39, 0.29) is 11.5 Å². The minimum atomic E-state index is -5.13. The van der Waals surface area contributed by atoms with E-state index in [1.807, 2.05) is 0 Å². The van der Waals surface area contributed by atoms with Crippen LogP contribution in [0.2, 0.25) is 5.02 Å².